The van der Waals surface area contributed by atoms with Crippen LogP contribution in [0.15, 0.2) is 0 Å². The largest absolute Gasteiger partial charge is 1.00 e. The minimum atomic E-state index is 0. The van der Waals surface area contributed by atoms with Crippen molar-refractivity contribution in [3.05, 3.63) is 0 Å². The lowest BCUT2D eigenvalue weighted by molar-refractivity contribution is -0.414. The summed E-state index contributed by atoms with van der Waals surface area (Å²) >= 11 is 0. The fourth-order valence-electron chi connectivity index (χ4n) is 1.70. The zero-order chi connectivity index (χ0) is 8.10. The molecule has 0 aromatic carbocycles. The Balaban J connectivity index is 0.00000121. The van der Waals surface area contributed by atoms with Gasteiger partial charge in [0, 0.05) is 13.0 Å². The maximum absolute atomic E-state index is 4.07. The summed E-state index contributed by atoms with van der Waals surface area (Å²) in [6.07, 6.45) is 5.41. The molecular formula is C9H21IN2. The van der Waals surface area contributed by atoms with Crippen LogP contribution in [0.4, 0.5) is 0 Å². The van der Waals surface area contributed by atoms with Crippen molar-refractivity contribution in [1.82, 2.24) is 4.90 Å². The topological polar surface area (TPSA) is 30.9 Å². The van der Waals surface area contributed by atoms with Crippen molar-refractivity contribution >= 4 is 0 Å². The fraction of sp³-hybridized carbons (Fsp3) is 1.00. The highest BCUT2D eigenvalue weighted by Gasteiger charge is 2.20. The van der Waals surface area contributed by atoms with Crippen LogP contribution >= 0.6 is 0 Å². The first kappa shape index (κ1) is 12.7. The molecule has 74 valence electrons. The molecule has 0 saturated carbocycles. The molecule has 1 saturated heterocycles. The van der Waals surface area contributed by atoms with Gasteiger partial charge in [0.15, 0.2) is 0 Å². The van der Waals surface area contributed by atoms with Crippen molar-refractivity contribution in [3.8, 4) is 0 Å². The van der Waals surface area contributed by atoms with Crippen molar-refractivity contribution in [3.63, 3.8) is 0 Å². The highest BCUT2D eigenvalue weighted by molar-refractivity contribution is 4.72. The van der Waals surface area contributed by atoms with E-state index in [1.54, 1.807) is 0 Å². The molecule has 1 atom stereocenters. The third-order valence-electron chi connectivity index (χ3n) is 2.45. The maximum Gasteiger partial charge on any atom is 0.0984 e. The number of nitrogens with zero attached hydrogens (tertiary/aromatic N) is 1. The predicted molar refractivity (Wildman–Crippen MR) is 47.3 cm³/mol. The lowest BCUT2D eigenvalue weighted by Crippen LogP contribution is -3.00. The monoisotopic (exact) mass is 284 g/mol. The average Bonchev–Trinajstić information content (AvgIpc) is 2.37. The Bertz CT molecular complexity index is 109. The molecule has 3 heteroatoms. The molecule has 1 heterocycles. The van der Waals surface area contributed by atoms with Crippen molar-refractivity contribution in [2.24, 2.45) is 0 Å². The molecule has 0 aliphatic carbocycles. The van der Waals surface area contributed by atoms with Gasteiger partial charge in [-0.25, -0.2) is 0 Å². The van der Waals surface area contributed by atoms with E-state index in [2.05, 4.69) is 17.6 Å². The van der Waals surface area contributed by atoms with Gasteiger partial charge in [0.05, 0.1) is 12.6 Å². The first-order valence-electron chi connectivity index (χ1n) is 4.88. The first-order valence-corrected chi connectivity index (χ1v) is 4.88. The highest BCUT2D eigenvalue weighted by atomic mass is 127. The molecule has 0 aromatic rings. The second-order valence-electron chi connectivity index (χ2n) is 3.66. The highest BCUT2D eigenvalue weighted by Crippen LogP contribution is 2.07. The third-order valence-corrected chi connectivity index (χ3v) is 2.45. The van der Waals surface area contributed by atoms with Crippen molar-refractivity contribution in [2.75, 3.05) is 19.6 Å². The Kier molecular flexibility index (Phi) is 7.48. The Morgan fingerprint density at radius 3 is 2.67 bits per heavy atom. The van der Waals surface area contributed by atoms with E-state index in [0.29, 0.717) is 6.04 Å². The van der Waals surface area contributed by atoms with Gasteiger partial charge in [0.25, 0.3) is 0 Å². The van der Waals surface area contributed by atoms with E-state index in [0.717, 1.165) is 0 Å². The molecule has 1 unspecified atom stereocenters. The van der Waals surface area contributed by atoms with Gasteiger partial charge in [-0.15, -0.1) is 0 Å². The van der Waals surface area contributed by atoms with Gasteiger partial charge in [-0.2, -0.15) is 0 Å². The molecule has 1 rings (SSSR count). The van der Waals surface area contributed by atoms with Gasteiger partial charge in [0.2, 0.25) is 0 Å². The summed E-state index contributed by atoms with van der Waals surface area (Å²) < 4.78 is 0. The predicted octanol–water partition coefficient (Wildman–Crippen LogP) is -2.50. The summed E-state index contributed by atoms with van der Waals surface area (Å²) in [6.45, 7) is 6.09. The minimum absolute atomic E-state index is 0. The van der Waals surface area contributed by atoms with Gasteiger partial charge in [0.1, 0.15) is 0 Å². The number of rotatable bonds is 4. The van der Waals surface area contributed by atoms with Crippen LogP contribution in [0.2, 0.25) is 0 Å². The summed E-state index contributed by atoms with van der Waals surface area (Å²) in [5.41, 5.74) is 4.07. The van der Waals surface area contributed by atoms with Crippen molar-refractivity contribution in [2.45, 2.75) is 38.6 Å². The van der Waals surface area contributed by atoms with Gasteiger partial charge in [-0.1, -0.05) is 19.8 Å². The SMILES string of the molecule is CCCCCN1CCC([NH3+])C1.[I-]. The van der Waals surface area contributed by atoms with E-state index in [9.17, 15) is 0 Å². The molecule has 0 radical (unpaired) electrons. The first-order chi connectivity index (χ1) is 5.33. The van der Waals surface area contributed by atoms with Gasteiger partial charge < -0.3 is 29.7 Å². The Labute approximate surface area is 92.9 Å². The lowest BCUT2D eigenvalue weighted by Gasteiger charge is -2.12. The molecule has 0 aromatic heterocycles. The number of hydrogen-bond acceptors (Lipinski definition) is 1. The molecule has 1 fully saturated rings. The van der Waals surface area contributed by atoms with Crippen molar-refractivity contribution < 1.29 is 29.7 Å². The molecule has 0 spiro atoms. The van der Waals surface area contributed by atoms with Crippen molar-refractivity contribution in [1.29, 1.82) is 0 Å². The average molecular weight is 284 g/mol. The van der Waals surface area contributed by atoms with E-state index in [-0.39, 0.29) is 24.0 Å². The van der Waals surface area contributed by atoms with Crippen LogP contribution in [0, 0.1) is 0 Å². The molecule has 1 aliphatic heterocycles. The van der Waals surface area contributed by atoms with E-state index in [1.165, 1.54) is 45.3 Å². The molecule has 0 amide bonds. The third kappa shape index (κ3) is 4.62. The van der Waals surface area contributed by atoms with Crippen LogP contribution in [0.25, 0.3) is 0 Å². The van der Waals surface area contributed by atoms with E-state index < -0.39 is 0 Å². The number of unbranched alkanes of at least 4 members (excludes halogenated alkanes) is 2. The Morgan fingerprint density at radius 2 is 2.17 bits per heavy atom. The van der Waals surface area contributed by atoms with Crippen LogP contribution in [0.5, 0.6) is 0 Å². The number of halogens is 1. The van der Waals surface area contributed by atoms with E-state index in [4.69, 9.17) is 0 Å². The lowest BCUT2D eigenvalue weighted by atomic mass is 10.2. The zero-order valence-electron chi connectivity index (χ0n) is 8.06. The molecule has 0 bridgehead atoms. The van der Waals surface area contributed by atoms with Gasteiger partial charge >= 0.3 is 0 Å². The van der Waals surface area contributed by atoms with E-state index >= 15 is 0 Å². The summed E-state index contributed by atoms with van der Waals surface area (Å²) in [7, 11) is 0. The number of likely N-dealkylation sites (tertiary alicyclic amines) is 1. The zero-order valence-corrected chi connectivity index (χ0v) is 10.2. The van der Waals surface area contributed by atoms with Crippen LogP contribution in [-0.4, -0.2) is 30.6 Å². The smallest absolute Gasteiger partial charge is 0.0984 e. The fourth-order valence-corrected chi connectivity index (χ4v) is 1.70. The molecule has 1 aliphatic rings. The normalized spacial score (nSPS) is 24.0. The Hall–Kier alpha value is 0.650. The Morgan fingerprint density at radius 1 is 1.42 bits per heavy atom. The molecule has 3 N–H and O–H groups in total. The second-order valence-corrected chi connectivity index (χ2v) is 3.66. The number of hydrogen-bond donors (Lipinski definition) is 1. The molecule has 12 heavy (non-hydrogen) atoms. The summed E-state index contributed by atoms with van der Waals surface area (Å²) in [6, 6.07) is 0.705. The number of quaternary nitrogens is 1. The molecule has 2 nitrogen and oxygen atoms in total. The summed E-state index contributed by atoms with van der Waals surface area (Å²) in [5.74, 6) is 0. The second kappa shape index (κ2) is 7.09. The maximum atomic E-state index is 4.07. The van der Waals surface area contributed by atoms with Crippen LogP contribution in [-0.2, 0) is 0 Å². The van der Waals surface area contributed by atoms with Crippen LogP contribution in [0.1, 0.15) is 32.6 Å². The quantitative estimate of drug-likeness (QED) is 0.449. The molecular weight excluding hydrogens is 263 g/mol. The van der Waals surface area contributed by atoms with Crippen LogP contribution in [0.3, 0.4) is 0 Å². The van der Waals surface area contributed by atoms with E-state index in [1.807, 2.05) is 0 Å². The van der Waals surface area contributed by atoms with Gasteiger partial charge in [-0.3, -0.25) is 4.90 Å². The van der Waals surface area contributed by atoms with Crippen LogP contribution < -0.4 is 29.7 Å². The standard InChI is InChI=1S/C9H20N2.HI/c1-2-3-4-6-11-7-5-9(10)8-11;/h9H,2-8,10H2,1H3;1H. The van der Waals surface area contributed by atoms with Gasteiger partial charge in [-0.05, 0) is 13.0 Å². The minimum Gasteiger partial charge on any atom is -1.00 e. The summed E-state index contributed by atoms with van der Waals surface area (Å²) in [5, 5.41) is 0. The summed E-state index contributed by atoms with van der Waals surface area (Å²) in [4.78, 5) is 2.55.